The number of carbonyl (C=O) groups excluding carboxylic acids is 1. The van der Waals surface area contributed by atoms with Crippen molar-refractivity contribution in [3.05, 3.63) is 0 Å². The predicted octanol–water partition coefficient (Wildman–Crippen LogP) is 0.737. The number of aliphatic carboxylic acids is 1. The number of hydrogen-bond donors (Lipinski definition) is 3. The van der Waals surface area contributed by atoms with Gasteiger partial charge in [-0.25, -0.2) is 9.59 Å². The molecular weight excluding hydrogens is 226 g/mol. The van der Waals surface area contributed by atoms with Crippen molar-refractivity contribution in [1.29, 1.82) is 0 Å². The highest BCUT2D eigenvalue weighted by Crippen LogP contribution is 2.46. The number of aliphatic hydroxyl groups is 1. The van der Waals surface area contributed by atoms with Gasteiger partial charge in [0.2, 0.25) is 0 Å². The van der Waals surface area contributed by atoms with Gasteiger partial charge in [0, 0.05) is 6.61 Å². The van der Waals surface area contributed by atoms with Crippen LogP contribution in [-0.4, -0.2) is 40.0 Å². The number of rotatable bonds is 4. The predicted molar refractivity (Wildman–Crippen MR) is 59.5 cm³/mol. The van der Waals surface area contributed by atoms with Gasteiger partial charge in [-0.1, -0.05) is 0 Å². The van der Waals surface area contributed by atoms with Crippen molar-refractivity contribution in [2.75, 3.05) is 6.61 Å². The molecule has 0 aromatic rings. The van der Waals surface area contributed by atoms with Crippen molar-refractivity contribution in [3.8, 4) is 0 Å². The Kier molecular flexibility index (Phi) is 3.66. The van der Waals surface area contributed by atoms with Crippen LogP contribution in [0.25, 0.3) is 0 Å². The quantitative estimate of drug-likeness (QED) is 0.678. The van der Waals surface area contributed by atoms with Gasteiger partial charge in [0.15, 0.2) is 0 Å². The van der Waals surface area contributed by atoms with E-state index in [9.17, 15) is 9.59 Å². The van der Waals surface area contributed by atoms with Crippen molar-refractivity contribution >= 4 is 12.1 Å². The third-order valence-electron chi connectivity index (χ3n) is 2.69. The molecule has 1 saturated carbocycles. The molecule has 3 N–H and O–H groups in total. The lowest BCUT2D eigenvalue weighted by Gasteiger charge is -2.22. The van der Waals surface area contributed by atoms with Gasteiger partial charge in [-0.2, -0.15) is 0 Å². The average Bonchev–Trinajstić information content (AvgIpc) is 2.76. The van der Waals surface area contributed by atoms with Crippen LogP contribution in [0.15, 0.2) is 0 Å². The minimum Gasteiger partial charge on any atom is -0.479 e. The molecule has 98 valence electrons. The van der Waals surface area contributed by atoms with E-state index >= 15 is 0 Å². The molecule has 6 nitrogen and oxygen atoms in total. The molecule has 0 aromatic heterocycles. The van der Waals surface area contributed by atoms with Crippen LogP contribution in [0.4, 0.5) is 4.79 Å². The largest absolute Gasteiger partial charge is 0.479 e. The Balaban J connectivity index is 2.59. The fourth-order valence-electron chi connectivity index (χ4n) is 1.79. The van der Waals surface area contributed by atoms with Crippen LogP contribution in [0.2, 0.25) is 0 Å². The maximum atomic E-state index is 11.5. The van der Waals surface area contributed by atoms with Crippen LogP contribution >= 0.6 is 0 Å². The van der Waals surface area contributed by atoms with E-state index in [1.165, 1.54) is 0 Å². The summed E-state index contributed by atoms with van der Waals surface area (Å²) in [4.78, 5) is 22.6. The Morgan fingerprint density at radius 3 is 2.47 bits per heavy atom. The fraction of sp³-hybridized carbons (Fsp3) is 0.818. The molecule has 2 atom stereocenters. The van der Waals surface area contributed by atoms with Crippen molar-refractivity contribution in [2.24, 2.45) is 5.92 Å². The summed E-state index contributed by atoms with van der Waals surface area (Å²) in [6.45, 7) is 5.03. The molecule has 0 bridgehead atoms. The van der Waals surface area contributed by atoms with Crippen LogP contribution in [0.5, 0.6) is 0 Å². The third-order valence-corrected chi connectivity index (χ3v) is 2.69. The molecule has 0 saturated heterocycles. The highest BCUT2D eigenvalue weighted by atomic mass is 16.6. The summed E-state index contributed by atoms with van der Waals surface area (Å²) in [5.41, 5.74) is -1.92. The van der Waals surface area contributed by atoms with Crippen molar-refractivity contribution in [1.82, 2.24) is 5.32 Å². The minimum atomic E-state index is -1.26. The second-order valence-electron chi connectivity index (χ2n) is 5.32. The second kappa shape index (κ2) is 4.52. The van der Waals surface area contributed by atoms with E-state index in [-0.39, 0.29) is 12.5 Å². The Hall–Kier alpha value is -1.30. The van der Waals surface area contributed by atoms with E-state index in [0.717, 1.165) is 0 Å². The molecule has 0 spiro atoms. The summed E-state index contributed by atoms with van der Waals surface area (Å²) in [7, 11) is 0. The molecule has 1 amide bonds. The van der Waals surface area contributed by atoms with Gasteiger partial charge in [0.25, 0.3) is 0 Å². The molecule has 17 heavy (non-hydrogen) atoms. The Morgan fingerprint density at radius 1 is 1.47 bits per heavy atom. The summed E-state index contributed by atoms with van der Waals surface area (Å²) < 4.78 is 5.01. The number of nitrogens with one attached hydrogen (secondary N) is 1. The van der Waals surface area contributed by atoms with Gasteiger partial charge in [-0.15, -0.1) is 0 Å². The Bertz CT molecular complexity index is 322. The van der Waals surface area contributed by atoms with Gasteiger partial charge in [0.05, 0.1) is 0 Å². The number of ether oxygens (including phenoxy) is 1. The van der Waals surface area contributed by atoms with Crippen molar-refractivity contribution < 1.29 is 24.5 Å². The van der Waals surface area contributed by atoms with Crippen molar-refractivity contribution in [2.45, 2.75) is 44.8 Å². The first kappa shape index (κ1) is 13.8. The fourth-order valence-corrected chi connectivity index (χ4v) is 1.79. The van der Waals surface area contributed by atoms with Crippen LogP contribution in [-0.2, 0) is 9.53 Å². The molecule has 0 heterocycles. The first-order valence-corrected chi connectivity index (χ1v) is 5.57. The van der Waals surface area contributed by atoms with E-state index in [0.29, 0.717) is 12.8 Å². The average molecular weight is 245 g/mol. The Labute approximate surface area is 100.0 Å². The number of carbonyl (C=O) groups is 2. The van der Waals surface area contributed by atoms with Gasteiger partial charge in [-0.3, -0.25) is 0 Å². The monoisotopic (exact) mass is 245 g/mol. The van der Waals surface area contributed by atoms with Crippen LogP contribution in [0.3, 0.4) is 0 Å². The van der Waals surface area contributed by atoms with E-state index in [1.54, 1.807) is 20.8 Å². The molecule has 1 fully saturated rings. The van der Waals surface area contributed by atoms with Crippen LogP contribution in [0, 0.1) is 5.92 Å². The number of alkyl carbamates (subject to hydrolysis) is 1. The first-order chi connectivity index (χ1) is 7.71. The molecular formula is C11H19NO5. The third kappa shape index (κ3) is 3.33. The molecule has 0 aliphatic heterocycles. The maximum Gasteiger partial charge on any atom is 0.408 e. The number of carboxylic acid groups (broad SMARTS) is 1. The summed E-state index contributed by atoms with van der Waals surface area (Å²) >= 11 is 0. The lowest BCUT2D eigenvalue weighted by Crippen LogP contribution is -2.47. The molecule has 1 aliphatic carbocycles. The summed E-state index contributed by atoms with van der Waals surface area (Å²) in [5, 5.41) is 20.3. The molecule has 0 radical (unpaired) electrons. The van der Waals surface area contributed by atoms with Gasteiger partial charge in [-0.05, 0) is 39.5 Å². The number of carboxylic acids is 1. The number of amides is 1. The molecule has 6 heteroatoms. The lowest BCUT2D eigenvalue weighted by atomic mass is 10.1. The van der Waals surface area contributed by atoms with Crippen LogP contribution in [0.1, 0.15) is 33.6 Å². The highest BCUT2D eigenvalue weighted by molar-refractivity contribution is 5.88. The lowest BCUT2D eigenvalue weighted by molar-refractivity contribution is -0.141. The first-order valence-electron chi connectivity index (χ1n) is 5.57. The molecule has 0 aromatic carbocycles. The molecule has 2 unspecified atom stereocenters. The zero-order valence-electron chi connectivity index (χ0n) is 10.3. The number of hydrogen-bond acceptors (Lipinski definition) is 4. The minimum absolute atomic E-state index is 0.0876. The maximum absolute atomic E-state index is 11.5. The SMILES string of the molecule is CC(C)(C)OC(=O)NC1(C(=O)O)CC1CCO. The molecule has 1 aliphatic rings. The molecule has 1 rings (SSSR count). The van der Waals surface area contributed by atoms with E-state index < -0.39 is 23.2 Å². The Morgan fingerprint density at radius 2 is 2.06 bits per heavy atom. The summed E-state index contributed by atoms with van der Waals surface area (Å²) in [6, 6.07) is 0. The zero-order chi connectivity index (χ0) is 13.3. The van der Waals surface area contributed by atoms with E-state index in [4.69, 9.17) is 14.9 Å². The van der Waals surface area contributed by atoms with E-state index in [2.05, 4.69) is 5.32 Å². The van der Waals surface area contributed by atoms with Gasteiger partial charge >= 0.3 is 12.1 Å². The highest BCUT2D eigenvalue weighted by Gasteiger charge is 2.61. The smallest absolute Gasteiger partial charge is 0.408 e. The zero-order valence-corrected chi connectivity index (χ0v) is 10.3. The second-order valence-corrected chi connectivity index (χ2v) is 5.32. The van der Waals surface area contributed by atoms with Gasteiger partial charge < -0.3 is 20.3 Å². The standard InChI is InChI=1S/C11H19NO5/c1-10(2,3)17-9(16)12-11(8(14)15)6-7(11)4-5-13/h7,13H,4-6H2,1-3H3,(H,12,16)(H,14,15). The summed E-state index contributed by atoms with van der Waals surface area (Å²) in [6.07, 6.45) is -0.0372. The van der Waals surface area contributed by atoms with Crippen molar-refractivity contribution in [3.63, 3.8) is 0 Å². The topological polar surface area (TPSA) is 95.9 Å². The van der Waals surface area contributed by atoms with Crippen LogP contribution < -0.4 is 5.32 Å². The number of aliphatic hydroxyl groups excluding tert-OH is 1. The summed E-state index contributed by atoms with van der Waals surface area (Å²) in [5.74, 6) is -1.31. The van der Waals surface area contributed by atoms with E-state index in [1.807, 2.05) is 0 Å². The van der Waals surface area contributed by atoms with Gasteiger partial charge in [0.1, 0.15) is 11.1 Å². The normalized spacial score (nSPS) is 27.4.